The molecule has 0 spiro atoms. The first-order valence-electron chi connectivity index (χ1n) is 5.80. The Morgan fingerprint density at radius 3 is 2.30 bits per heavy atom. The van der Waals surface area contributed by atoms with Crippen molar-refractivity contribution < 1.29 is 26.0 Å². The quantitative estimate of drug-likeness (QED) is 0.841. The molecule has 0 atom stereocenters. The molecule has 0 unspecified atom stereocenters. The smallest absolute Gasteiger partial charge is 0.314 e. The zero-order chi connectivity index (χ0) is 15.0. The van der Waals surface area contributed by atoms with Gasteiger partial charge in [0.1, 0.15) is 5.82 Å². The lowest BCUT2D eigenvalue weighted by atomic mass is 10.2. The van der Waals surface area contributed by atoms with Gasteiger partial charge in [0.15, 0.2) is 0 Å². The molecule has 1 aliphatic rings. The summed E-state index contributed by atoms with van der Waals surface area (Å²) < 4.78 is 77.0. The first kappa shape index (κ1) is 15.2. The second-order valence-electron chi connectivity index (χ2n) is 4.29. The van der Waals surface area contributed by atoms with Crippen molar-refractivity contribution in [2.75, 3.05) is 26.2 Å². The number of nitrogens with one attached hydrogen (secondary N) is 1. The van der Waals surface area contributed by atoms with E-state index in [1.807, 2.05) is 0 Å². The summed E-state index contributed by atoms with van der Waals surface area (Å²) in [6, 6.07) is 1.58. The van der Waals surface area contributed by atoms with Gasteiger partial charge in [-0.2, -0.15) is 17.5 Å². The third-order valence-electron chi connectivity index (χ3n) is 2.94. The Kier molecular flexibility index (Phi) is 4.03. The van der Waals surface area contributed by atoms with Crippen LogP contribution in [0.4, 0.5) is 17.6 Å². The molecule has 0 amide bonds. The third kappa shape index (κ3) is 2.94. The molecule has 0 aliphatic carbocycles. The molecule has 0 saturated carbocycles. The number of alkyl halides is 3. The molecule has 0 aromatic heterocycles. The summed E-state index contributed by atoms with van der Waals surface area (Å²) in [5.74, 6) is -1.13. The van der Waals surface area contributed by atoms with Gasteiger partial charge < -0.3 is 5.32 Å². The molecule has 112 valence electrons. The van der Waals surface area contributed by atoms with Crippen LogP contribution in [0.3, 0.4) is 0 Å². The SMILES string of the molecule is O=S(=O)(c1ccc(F)cc1C(F)(F)F)N1CCNCC1. The van der Waals surface area contributed by atoms with E-state index in [1.54, 1.807) is 0 Å². The Hall–Kier alpha value is -1.19. The Morgan fingerprint density at radius 1 is 1.15 bits per heavy atom. The van der Waals surface area contributed by atoms with Crippen molar-refractivity contribution in [2.24, 2.45) is 0 Å². The highest BCUT2D eigenvalue weighted by Crippen LogP contribution is 2.35. The number of rotatable bonds is 2. The largest absolute Gasteiger partial charge is 0.417 e. The van der Waals surface area contributed by atoms with E-state index in [-0.39, 0.29) is 19.2 Å². The van der Waals surface area contributed by atoms with E-state index in [0.29, 0.717) is 25.2 Å². The summed E-state index contributed by atoms with van der Waals surface area (Å²) in [5.41, 5.74) is -1.48. The van der Waals surface area contributed by atoms with Crippen molar-refractivity contribution >= 4 is 10.0 Å². The van der Waals surface area contributed by atoms with Crippen molar-refractivity contribution in [1.29, 1.82) is 0 Å². The standard InChI is InChI=1S/C11H12F4N2O2S/c12-8-1-2-10(9(7-8)11(13,14)15)20(18,19)17-5-3-16-4-6-17/h1-2,7,16H,3-6H2. The number of benzene rings is 1. The normalized spacial score (nSPS) is 18.2. The molecule has 9 heteroatoms. The van der Waals surface area contributed by atoms with Gasteiger partial charge >= 0.3 is 6.18 Å². The van der Waals surface area contributed by atoms with Gasteiger partial charge in [-0.05, 0) is 18.2 Å². The molecule has 1 N–H and O–H groups in total. The molecule has 0 bridgehead atoms. The fraction of sp³-hybridized carbons (Fsp3) is 0.455. The van der Waals surface area contributed by atoms with Gasteiger partial charge in [-0.15, -0.1) is 0 Å². The molecule has 2 rings (SSSR count). The minimum atomic E-state index is -4.93. The monoisotopic (exact) mass is 312 g/mol. The van der Waals surface area contributed by atoms with Crippen LogP contribution in [0.2, 0.25) is 0 Å². The van der Waals surface area contributed by atoms with Gasteiger partial charge in [0, 0.05) is 26.2 Å². The lowest BCUT2D eigenvalue weighted by Gasteiger charge is -2.27. The van der Waals surface area contributed by atoms with Gasteiger partial charge in [-0.25, -0.2) is 12.8 Å². The zero-order valence-corrected chi connectivity index (χ0v) is 11.1. The van der Waals surface area contributed by atoms with Gasteiger partial charge in [0.25, 0.3) is 0 Å². The predicted molar refractivity (Wildman–Crippen MR) is 63.0 cm³/mol. The van der Waals surface area contributed by atoms with E-state index in [1.165, 1.54) is 0 Å². The molecule has 1 saturated heterocycles. The van der Waals surface area contributed by atoms with Crippen LogP contribution >= 0.6 is 0 Å². The zero-order valence-electron chi connectivity index (χ0n) is 10.2. The van der Waals surface area contributed by atoms with E-state index < -0.39 is 32.5 Å². The van der Waals surface area contributed by atoms with Crippen LogP contribution in [-0.2, 0) is 16.2 Å². The maximum Gasteiger partial charge on any atom is 0.417 e. The maximum absolute atomic E-state index is 13.0. The Morgan fingerprint density at radius 2 is 1.75 bits per heavy atom. The predicted octanol–water partition coefficient (Wildman–Crippen LogP) is 1.44. The highest BCUT2D eigenvalue weighted by molar-refractivity contribution is 7.89. The summed E-state index contributed by atoms with van der Waals surface area (Å²) in [6.07, 6.45) is -4.93. The molecule has 4 nitrogen and oxygen atoms in total. The number of piperazine rings is 1. The summed E-state index contributed by atoms with van der Waals surface area (Å²) in [7, 11) is -4.29. The van der Waals surface area contributed by atoms with Crippen LogP contribution in [0.1, 0.15) is 5.56 Å². The number of hydrogen-bond acceptors (Lipinski definition) is 3. The lowest BCUT2D eigenvalue weighted by molar-refractivity contribution is -0.140. The third-order valence-corrected chi connectivity index (χ3v) is 4.90. The van der Waals surface area contributed by atoms with Crippen LogP contribution in [0.25, 0.3) is 0 Å². The maximum atomic E-state index is 13.0. The molecule has 1 heterocycles. The highest BCUT2D eigenvalue weighted by Gasteiger charge is 2.39. The van der Waals surface area contributed by atoms with Crippen LogP contribution in [0, 0.1) is 5.82 Å². The van der Waals surface area contributed by atoms with E-state index in [2.05, 4.69) is 5.32 Å². The molecule has 0 radical (unpaired) electrons. The molecule has 1 aromatic rings. The topological polar surface area (TPSA) is 49.4 Å². The lowest BCUT2D eigenvalue weighted by Crippen LogP contribution is -2.46. The number of sulfonamides is 1. The van der Waals surface area contributed by atoms with E-state index >= 15 is 0 Å². The molecule has 1 aliphatic heterocycles. The first-order chi connectivity index (χ1) is 9.23. The molecule has 20 heavy (non-hydrogen) atoms. The average molecular weight is 312 g/mol. The number of hydrogen-bond donors (Lipinski definition) is 1. The Bertz CT molecular complexity index is 595. The second-order valence-corrected chi connectivity index (χ2v) is 6.20. The Labute approximate surface area is 113 Å². The van der Waals surface area contributed by atoms with Crippen molar-refractivity contribution in [1.82, 2.24) is 9.62 Å². The van der Waals surface area contributed by atoms with E-state index in [9.17, 15) is 26.0 Å². The highest BCUT2D eigenvalue weighted by atomic mass is 32.2. The van der Waals surface area contributed by atoms with E-state index in [4.69, 9.17) is 0 Å². The summed E-state index contributed by atoms with van der Waals surface area (Å²) in [6.45, 7) is 0.886. The first-order valence-corrected chi connectivity index (χ1v) is 7.24. The minimum Gasteiger partial charge on any atom is -0.314 e. The number of nitrogens with zero attached hydrogens (tertiary/aromatic N) is 1. The van der Waals surface area contributed by atoms with Crippen LogP contribution < -0.4 is 5.32 Å². The fourth-order valence-corrected chi connectivity index (χ4v) is 3.61. The van der Waals surface area contributed by atoms with Gasteiger partial charge in [-0.1, -0.05) is 0 Å². The summed E-state index contributed by atoms with van der Waals surface area (Å²) >= 11 is 0. The Balaban J connectivity index is 2.51. The van der Waals surface area contributed by atoms with Gasteiger partial charge in [-0.3, -0.25) is 0 Å². The number of halogens is 4. The fourth-order valence-electron chi connectivity index (χ4n) is 1.97. The molecular formula is C11H12F4N2O2S. The van der Waals surface area contributed by atoms with Gasteiger partial charge in [0.05, 0.1) is 10.5 Å². The summed E-state index contributed by atoms with van der Waals surface area (Å²) in [4.78, 5) is -0.909. The van der Waals surface area contributed by atoms with Crippen molar-refractivity contribution in [3.05, 3.63) is 29.6 Å². The van der Waals surface area contributed by atoms with Crippen molar-refractivity contribution in [3.8, 4) is 0 Å². The molecule has 1 fully saturated rings. The van der Waals surface area contributed by atoms with Crippen molar-refractivity contribution in [2.45, 2.75) is 11.1 Å². The van der Waals surface area contributed by atoms with Crippen molar-refractivity contribution in [3.63, 3.8) is 0 Å². The summed E-state index contributed by atoms with van der Waals surface area (Å²) in [5, 5.41) is 2.90. The average Bonchev–Trinajstić information content (AvgIpc) is 2.38. The second kappa shape index (κ2) is 5.30. The minimum absolute atomic E-state index is 0.0804. The van der Waals surface area contributed by atoms with Crippen LogP contribution in [0.5, 0.6) is 0 Å². The van der Waals surface area contributed by atoms with E-state index in [0.717, 1.165) is 4.31 Å². The van der Waals surface area contributed by atoms with Crippen LogP contribution in [-0.4, -0.2) is 38.9 Å². The molecular weight excluding hydrogens is 300 g/mol. The van der Waals surface area contributed by atoms with Gasteiger partial charge in [0.2, 0.25) is 10.0 Å². The molecule has 1 aromatic carbocycles. The van der Waals surface area contributed by atoms with Crippen LogP contribution in [0.15, 0.2) is 23.1 Å².